The fraction of sp³-hybridized carbons (Fsp3) is 0.176. The second-order valence-corrected chi connectivity index (χ2v) is 8.37. The monoisotopic (exact) mass is 421 g/mol. The van der Waals surface area contributed by atoms with Gasteiger partial charge in [0.1, 0.15) is 0 Å². The number of nitrogens with zero attached hydrogens (tertiary/aromatic N) is 2. The van der Waals surface area contributed by atoms with Crippen molar-refractivity contribution in [1.82, 2.24) is 14.9 Å². The van der Waals surface area contributed by atoms with Gasteiger partial charge in [0, 0.05) is 27.4 Å². The summed E-state index contributed by atoms with van der Waals surface area (Å²) >= 11 is 6.53. The van der Waals surface area contributed by atoms with Crippen molar-refractivity contribution in [3.05, 3.63) is 63.5 Å². The molecule has 1 amide bonds. The van der Waals surface area contributed by atoms with Crippen LogP contribution >= 0.6 is 39.0 Å². The highest BCUT2D eigenvalue weighted by atomic mass is 79.9. The Morgan fingerprint density at radius 3 is 2.88 bits per heavy atom. The Labute approximate surface area is 157 Å². The third-order valence-electron chi connectivity index (χ3n) is 3.38. The number of rotatable bonds is 6. The number of hydrogen-bond acceptors (Lipinski definition) is 4. The third kappa shape index (κ3) is 4.28. The smallest absolute Gasteiger partial charge is 0.233 e. The maximum Gasteiger partial charge on any atom is 0.233 e. The van der Waals surface area contributed by atoms with Crippen molar-refractivity contribution < 1.29 is 4.79 Å². The van der Waals surface area contributed by atoms with Gasteiger partial charge >= 0.3 is 0 Å². The van der Waals surface area contributed by atoms with Crippen LogP contribution in [0.1, 0.15) is 11.8 Å². The van der Waals surface area contributed by atoms with Crippen molar-refractivity contribution in [3.8, 4) is 5.69 Å². The molecular formula is C17H16BrN3OS2. The van der Waals surface area contributed by atoms with E-state index in [1.165, 1.54) is 11.8 Å². The molecule has 0 aliphatic heterocycles. The van der Waals surface area contributed by atoms with Crippen molar-refractivity contribution in [3.63, 3.8) is 0 Å². The van der Waals surface area contributed by atoms with Gasteiger partial charge < -0.3 is 5.32 Å². The second-order valence-electron chi connectivity index (χ2n) is 5.11. The first-order valence-corrected chi connectivity index (χ1v) is 9.95. The fourth-order valence-corrected chi connectivity index (χ4v) is 3.93. The van der Waals surface area contributed by atoms with Crippen LogP contribution in [0.5, 0.6) is 0 Å². The number of carbonyl (C=O) groups is 1. The highest BCUT2D eigenvalue weighted by molar-refractivity contribution is 9.10. The number of nitrogens with one attached hydrogen (secondary N) is 1. The van der Waals surface area contributed by atoms with Gasteiger partial charge in [-0.05, 0) is 42.6 Å². The van der Waals surface area contributed by atoms with Gasteiger partial charge in [-0.25, -0.2) is 4.98 Å². The maximum absolute atomic E-state index is 12.3. The molecule has 3 aromatic rings. The highest BCUT2D eigenvalue weighted by Gasteiger charge is 2.17. The number of carbonyl (C=O) groups excluding carboxylic acids is 1. The van der Waals surface area contributed by atoms with Gasteiger partial charge in [-0.15, -0.1) is 11.3 Å². The fourth-order valence-electron chi connectivity index (χ4n) is 2.12. The molecule has 0 aliphatic rings. The van der Waals surface area contributed by atoms with Crippen LogP contribution in [-0.4, -0.2) is 20.7 Å². The van der Waals surface area contributed by atoms with Crippen molar-refractivity contribution in [2.75, 3.05) is 0 Å². The summed E-state index contributed by atoms with van der Waals surface area (Å²) in [4.78, 5) is 17.8. The van der Waals surface area contributed by atoms with Crippen LogP contribution in [0.15, 0.2) is 63.8 Å². The van der Waals surface area contributed by atoms with Gasteiger partial charge in [0.2, 0.25) is 5.91 Å². The van der Waals surface area contributed by atoms with E-state index >= 15 is 0 Å². The molecule has 124 valence electrons. The summed E-state index contributed by atoms with van der Waals surface area (Å²) in [5, 5.41) is 5.56. The number of amides is 1. The Morgan fingerprint density at radius 2 is 2.17 bits per heavy atom. The van der Waals surface area contributed by atoms with E-state index in [0.717, 1.165) is 20.2 Å². The van der Waals surface area contributed by atoms with E-state index in [9.17, 15) is 4.79 Å². The normalized spacial score (nSPS) is 12.1. The Balaban J connectivity index is 1.64. The molecule has 1 atom stereocenters. The first-order chi connectivity index (χ1) is 11.6. The first kappa shape index (κ1) is 17.3. The average molecular weight is 422 g/mol. The van der Waals surface area contributed by atoms with E-state index in [-0.39, 0.29) is 11.2 Å². The third-order valence-corrected chi connectivity index (χ3v) is 5.87. The zero-order chi connectivity index (χ0) is 16.9. The Hall–Kier alpha value is -1.57. The van der Waals surface area contributed by atoms with Crippen LogP contribution in [-0.2, 0) is 11.3 Å². The number of imidazole rings is 1. The van der Waals surface area contributed by atoms with E-state index in [1.54, 1.807) is 17.5 Å². The van der Waals surface area contributed by atoms with Crippen LogP contribution in [0, 0.1) is 0 Å². The summed E-state index contributed by atoms with van der Waals surface area (Å²) in [6.45, 7) is 2.47. The SMILES string of the molecule is C[C@@H](Sc1nccn1-c1ccc(Br)cc1)C(=O)NCc1cccs1. The highest BCUT2D eigenvalue weighted by Crippen LogP contribution is 2.25. The molecule has 1 aromatic carbocycles. The van der Waals surface area contributed by atoms with Gasteiger partial charge in [-0.3, -0.25) is 9.36 Å². The summed E-state index contributed by atoms with van der Waals surface area (Å²) in [7, 11) is 0. The lowest BCUT2D eigenvalue weighted by atomic mass is 10.3. The van der Waals surface area contributed by atoms with Gasteiger partial charge in [0.15, 0.2) is 5.16 Å². The Bertz CT molecular complexity index is 800. The first-order valence-electron chi connectivity index (χ1n) is 7.39. The second kappa shape index (κ2) is 8.00. The molecule has 0 radical (unpaired) electrons. The topological polar surface area (TPSA) is 46.9 Å². The molecule has 2 heterocycles. The summed E-state index contributed by atoms with van der Waals surface area (Å²) in [5.74, 6) is 0.0127. The lowest BCUT2D eigenvalue weighted by Gasteiger charge is -2.13. The molecular weight excluding hydrogens is 406 g/mol. The van der Waals surface area contributed by atoms with Crippen LogP contribution in [0.2, 0.25) is 0 Å². The summed E-state index contributed by atoms with van der Waals surface area (Å²) in [6, 6.07) is 12.0. The number of benzene rings is 1. The molecule has 2 aromatic heterocycles. The minimum atomic E-state index is -0.221. The summed E-state index contributed by atoms with van der Waals surface area (Å²) < 4.78 is 3.02. The van der Waals surface area contributed by atoms with E-state index in [2.05, 4.69) is 26.2 Å². The largest absolute Gasteiger partial charge is 0.350 e. The molecule has 0 saturated heterocycles. The molecule has 4 nitrogen and oxygen atoms in total. The van der Waals surface area contributed by atoms with Crippen molar-refractivity contribution >= 4 is 44.9 Å². The van der Waals surface area contributed by atoms with Crippen molar-refractivity contribution in [2.45, 2.75) is 23.9 Å². The lowest BCUT2D eigenvalue weighted by molar-refractivity contribution is -0.120. The predicted octanol–water partition coefficient (Wildman–Crippen LogP) is 4.49. The van der Waals surface area contributed by atoms with E-state index in [0.29, 0.717) is 6.54 Å². The number of aromatic nitrogens is 2. The molecule has 1 N–H and O–H groups in total. The van der Waals surface area contributed by atoms with Gasteiger partial charge in [-0.1, -0.05) is 33.8 Å². The van der Waals surface area contributed by atoms with Crippen molar-refractivity contribution in [1.29, 1.82) is 0 Å². The summed E-state index contributed by atoms with van der Waals surface area (Å²) in [6.07, 6.45) is 3.66. The van der Waals surface area contributed by atoms with E-state index < -0.39 is 0 Å². The maximum atomic E-state index is 12.3. The molecule has 0 unspecified atom stereocenters. The van der Waals surface area contributed by atoms with Gasteiger partial charge in [-0.2, -0.15) is 0 Å². The van der Waals surface area contributed by atoms with Crippen LogP contribution < -0.4 is 5.32 Å². The lowest BCUT2D eigenvalue weighted by Crippen LogP contribution is -2.30. The minimum Gasteiger partial charge on any atom is -0.350 e. The standard InChI is InChI=1S/C17H16BrN3OS2/c1-12(16(22)20-11-15-3-2-10-23-15)24-17-19-8-9-21(17)14-6-4-13(18)5-7-14/h2-10,12H,11H2,1H3,(H,20,22)/t12-/m1/s1. The average Bonchev–Trinajstić information content (AvgIpc) is 3.25. The minimum absolute atomic E-state index is 0.0127. The number of hydrogen-bond donors (Lipinski definition) is 1. The van der Waals surface area contributed by atoms with Crippen LogP contribution in [0.25, 0.3) is 5.69 Å². The molecule has 7 heteroatoms. The zero-order valence-corrected chi connectivity index (χ0v) is 16.2. The van der Waals surface area contributed by atoms with Crippen LogP contribution in [0.3, 0.4) is 0 Å². The van der Waals surface area contributed by atoms with Crippen molar-refractivity contribution in [2.24, 2.45) is 0 Å². The molecule has 0 spiro atoms. The Kier molecular flexibility index (Phi) is 5.76. The Morgan fingerprint density at radius 1 is 1.38 bits per heavy atom. The molecule has 24 heavy (non-hydrogen) atoms. The van der Waals surface area contributed by atoms with Gasteiger partial charge in [0.05, 0.1) is 11.8 Å². The van der Waals surface area contributed by atoms with Crippen LogP contribution in [0.4, 0.5) is 0 Å². The number of thiophene rings is 1. The van der Waals surface area contributed by atoms with Gasteiger partial charge in [0.25, 0.3) is 0 Å². The van der Waals surface area contributed by atoms with E-state index in [1.807, 2.05) is 59.5 Å². The molecule has 0 saturated carbocycles. The predicted molar refractivity (Wildman–Crippen MR) is 103 cm³/mol. The molecule has 3 rings (SSSR count). The zero-order valence-electron chi connectivity index (χ0n) is 13.0. The summed E-state index contributed by atoms with van der Waals surface area (Å²) in [5.41, 5.74) is 1.02. The molecule has 0 aliphatic carbocycles. The number of halogens is 1. The molecule has 0 bridgehead atoms. The van der Waals surface area contributed by atoms with E-state index in [4.69, 9.17) is 0 Å². The number of thioether (sulfide) groups is 1. The quantitative estimate of drug-likeness (QED) is 0.596. The molecule has 0 fully saturated rings.